The molecule has 1 aromatic carbocycles. The zero-order valence-corrected chi connectivity index (χ0v) is 11.0. The first-order valence-corrected chi connectivity index (χ1v) is 6.23. The number of rotatable bonds is 3. The summed E-state index contributed by atoms with van der Waals surface area (Å²) in [6.45, 7) is 1.74. The zero-order valence-electron chi connectivity index (χ0n) is 9.44. The molecule has 0 radical (unpaired) electrons. The summed E-state index contributed by atoms with van der Waals surface area (Å²) < 4.78 is 0.718. The number of hydrogen-bond donors (Lipinski definition) is 2. The molecular weight excluding hydrogens is 286 g/mol. The Morgan fingerprint density at radius 1 is 1.53 bits per heavy atom. The highest BCUT2D eigenvalue weighted by Gasteiger charge is 2.26. The fourth-order valence-electron chi connectivity index (χ4n) is 1.98. The molecule has 1 fully saturated rings. The Hall–Kier alpha value is -1.14. The summed E-state index contributed by atoms with van der Waals surface area (Å²) in [5, 5.41) is 14.1. The van der Waals surface area contributed by atoms with Crippen molar-refractivity contribution in [2.75, 3.05) is 5.32 Å². The number of halogens is 1. The maximum atomic E-state index is 10.8. The molecule has 17 heavy (non-hydrogen) atoms. The van der Waals surface area contributed by atoms with Crippen LogP contribution in [0.3, 0.4) is 0 Å². The molecular formula is C11H14BrN3O2. The lowest BCUT2D eigenvalue weighted by Gasteiger charge is -2.34. The van der Waals surface area contributed by atoms with E-state index in [-0.39, 0.29) is 16.7 Å². The van der Waals surface area contributed by atoms with Gasteiger partial charge in [-0.1, -0.05) is 0 Å². The van der Waals surface area contributed by atoms with Crippen molar-refractivity contribution in [3.8, 4) is 0 Å². The van der Waals surface area contributed by atoms with Gasteiger partial charge in [0.05, 0.1) is 4.92 Å². The van der Waals surface area contributed by atoms with Gasteiger partial charge in [0.1, 0.15) is 0 Å². The topological polar surface area (TPSA) is 81.2 Å². The highest BCUT2D eigenvalue weighted by Crippen LogP contribution is 2.33. The van der Waals surface area contributed by atoms with Crippen LogP contribution in [-0.2, 0) is 0 Å². The molecule has 0 atom stereocenters. The summed E-state index contributed by atoms with van der Waals surface area (Å²) in [7, 11) is 0. The molecule has 5 nitrogen and oxygen atoms in total. The van der Waals surface area contributed by atoms with Crippen molar-refractivity contribution in [1.29, 1.82) is 0 Å². The first-order valence-electron chi connectivity index (χ1n) is 5.44. The smallest absolute Gasteiger partial charge is 0.273 e. The number of nitrogens with zero attached hydrogens (tertiary/aromatic N) is 1. The predicted molar refractivity (Wildman–Crippen MR) is 70.2 cm³/mol. The van der Waals surface area contributed by atoms with Gasteiger partial charge in [-0.15, -0.1) is 0 Å². The van der Waals surface area contributed by atoms with Gasteiger partial charge in [-0.25, -0.2) is 0 Å². The molecule has 0 saturated heterocycles. The lowest BCUT2D eigenvalue weighted by Crippen LogP contribution is -2.44. The van der Waals surface area contributed by atoms with Crippen LogP contribution in [0.15, 0.2) is 16.6 Å². The van der Waals surface area contributed by atoms with Gasteiger partial charge in [0, 0.05) is 33.9 Å². The van der Waals surface area contributed by atoms with Crippen molar-refractivity contribution >= 4 is 27.3 Å². The number of anilines is 1. The first kappa shape index (κ1) is 12.3. The van der Waals surface area contributed by atoms with Gasteiger partial charge in [0.15, 0.2) is 0 Å². The molecule has 0 unspecified atom stereocenters. The Labute approximate surface area is 108 Å². The zero-order chi connectivity index (χ0) is 12.6. The molecule has 3 N–H and O–H groups in total. The Balaban J connectivity index is 2.18. The monoisotopic (exact) mass is 299 g/mol. The van der Waals surface area contributed by atoms with Crippen LogP contribution in [-0.4, -0.2) is 17.0 Å². The highest BCUT2D eigenvalue weighted by molar-refractivity contribution is 9.10. The average molecular weight is 300 g/mol. The molecule has 0 aliphatic heterocycles. The second-order valence-electron chi connectivity index (χ2n) is 4.45. The number of nitro benzene ring substituents is 1. The number of hydrogen-bond acceptors (Lipinski definition) is 4. The SMILES string of the molecule is Cc1cc(NC2CC(N)C2)c(Br)cc1[N+](=O)[O-]. The Morgan fingerprint density at radius 3 is 2.71 bits per heavy atom. The molecule has 0 spiro atoms. The summed E-state index contributed by atoms with van der Waals surface area (Å²) in [6.07, 6.45) is 1.89. The van der Waals surface area contributed by atoms with Crippen LogP contribution in [0.2, 0.25) is 0 Å². The van der Waals surface area contributed by atoms with Gasteiger partial charge in [0.25, 0.3) is 5.69 Å². The third-order valence-electron chi connectivity index (χ3n) is 3.02. The van der Waals surface area contributed by atoms with Gasteiger partial charge >= 0.3 is 0 Å². The predicted octanol–water partition coefficient (Wildman–Crippen LogP) is 2.57. The number of nitrogens with two attached hydrogens (primary N) is 1. The Morgan fingerprint density at radius 2 is 2.18 bits per heavy atom. The largest absolute Gasteiger partial charge is 0.381 e. The maximum absolute atomic E-state index is 10.8. The minimum atomic E-state index is -0.372. The van der Waals surface area contributed by atoms with E-state index in [0.717, 1.165) is 23.0 Å². The molecule has 0 amide bonds. The summed E-state index contributed by atoms with van der Waals surface area (Å²) in [5.74, 6) is 0. The summed E-state index contributed by atoms with van der Waals surface area (Å²) in [6, 6.07) is 4.00. The van der Waals surface area contributed by atoms with Crippen LogP contribution in [0.4, 0.5) is 11.4 Å². The summed E-state index contributed by atoms with van der Waals surface area (Å²) in [5.41, 5.74) is 7.40. The van der Waals surface area contributed by atoms with E-state index in [1.807, 2.05) is 0 Å². The van der Waals surface area contributed by atoms with Crippen molar-refractivity contribution < 1.29 is 4.92 Å². The molecule has 0 bridgehead atoms. The highest BCUT2D eigenvalue weighted by atomic mass is 79.9. The van der Waals surface area contributed by atoms with Crippen LogP contribution in [0, 0.1) is 17.0 Å². The van der Waals surface area contributed by atoms with E-state index in [4.69, 9.17) is 5.73 Å². The fraction of sp³-hybridized carbons (Fsp3) is 0.455. The standard InChI is InChI=1S/C11H14BrN3O2/c1-6-2-10(14-8-3-7(13)4-8)9(12)5-11(6)15(16)17/h2,5,7-8,14H,3-4,13H2,1H3. The van der Waals surface area contributed by atoms with E-state index in [1.54, 1.807) is 13.0 Å². The minimum absolute atomic E-state index is 0.132. The van der Waals surface area contributed by atoms with Gasteiger partial charge in [-0.05, 0) is 41.8 Å². The summed E-state index contributed by atoms with van der Waals surface area (Å²) >= 11 is 3.35. The molecule has 0 heterocycles. The van der Waals surface area contributed by atoms with E-state index in [2.05, 4.69) is 21.2 Å². The third kappa shape index (κ3) is 2.58. The van der Waals surface area contributed by atoms with Crippen molar-refractivity contribution in [1.82, 2.24) is 0 Å². The first-order chi connectivity index (χ1) is 7.97. The number of nitro groups is 1. The second-order valence-corrected chi connectivity index (χ2v) is 5.30. The van der Waals surface area contributed by atoms with Crippen molar-refractivity contribution in [2.45, 2.75) is 31.8 Å². The van der Waals surface area contributed by atoms with E-state index < -0.39 is 0 Å². The lowest BCUT2D eigenvalue weighted by molar-refractivity contribution is -0.385. The number of nitrogens with one attached hydrogen (secondary N) is 1. The van der Waals surface area contributed by atoms with E-state index in [1.165, 1.54) is 6.07 Å². The second kappa shape index (κ2) is 4.62. The van der Waals surface area contributed by atoms with Crippen LogP contribution in [0.25, 0.3) is 0 Å². The molecule has 6 heteroatoms. The van der Waals surface area contributed by atoms with E-state index in [9.17, 15) is 10.1 Å². The average Bonchev–Trinajstić information content (AvgIpc) is 2.20. The van der Waals surface area contributed by atoms with Crippen molar-refractivity contribution in [2.24, 2.45) is 5.73 Å². The Kier molecular flexibility index (Phi) is 3.35. The van der Waals surface area contributed by atoms with Crippen LogP contribution < -0.4 is 11.1 Å². The Bertz CT molecular complexity index is 458. The van der Waals surface area contributed by atoms with Gasteiger partial charge in [-0.2, -0.15) is 0 Å². The van der Waals surface area contributed by atoms with Gasteiger partial charge < -0.3 is 11.1 Å². The van der Waals surface area contributed by atoms with Crippen molar-refractivity contribution in [3.63, 3.8) is 0 Å². The molecule has 2 rings (SSSR count). The van der Waals surface area contributed by atoms with Crippen LogP contribution >= 0.6 is 15.9 Å². The summed E-state index contributed by atoms with van der Waals surface area (Å²) in [4.78, 5) is 10.4. The molecule has 1 saturated carbocycles. The van der Waals surface area contributed by atoms with Crippen LogP contribution in [0.1, 0.15) is 18.4 Å². The minimum Gasteiger partial charge on any atom is -0.381 e. The van der Waals surface area contributed by atoms with Gasteiger partial charge in [-0.3, -0.25) is 10.1 Å². The van der Waals surface area contributed by atoms with E-state index in [0.29, 0.717) is 11.6 Å². The van der Waals surface area contributed by atoms with Crippen LogP contribution in [0.5, 0.6) is 0 Å². The fourth-order valence-corrected chi connectivity index (χ4v) is 2.42. The van der Waals surface area contributed by atoms with Crippen molar-refractivity contribution in [3.05, 3.63) is 32.3 Å². The van der Waals surface area contributed by atoms with E-state index >= 15 is 0 Å². The molecule has 92 valence electrons. The quantitative estimate of drug-likeness (QED) is 0.664. The molecule has 1 aliphatic rings. The molecule has 1 aromatic rings. The van der Waals surface area contributed by atoms with Gasteiger partial charge in [0.2, 0.25) is 0 Å². The maximum Gasteiger partial charge on any atom is 0.273 e. The molecule has 0 aromatic heterocycles. The third-order valence-corrected chi connectivity index (χ3v) is 3.67. The lowest BCUT2D eigenvalue weighted by atomic mass is 9.87. The number of benzene rings is 1. The number of aryl methyl sites for hydroxylation is 1. The normalized spacial score (nSPS) is 23.0. The molecule has 1 aliphatic carbocycles.